The first kappa shape index (κ1) is 8.36. The summed E-state index contributed by atoms with van der Waals surface area (Å²) in [6.07, 6.45) is -4.44. The van der Waals surface area contributed by atoms with Crippen molar-refractivity contribution in [3.05, 3.63) is 0 Å². The monoisotopic (exact) mass is 167 g/mol. The van der Waals surface area contributed by atoms with Gasteiger partial charge in [0.15, 0.2) is 0 Å². The third-order valence-electron chi connectivity index (χ3n) is 1.21. The highest BCUT2D eigenvalue weighted by Gasteiger charge is 2.44. The van der Waals surface area contributed by atoms with E-state index < -0.39 is 17.6 Å². The molecule has 0 aliphatic carbocycles. The Morgan fingerprint density at radius 1 is 1.45 bits per heavy atom. The van der Waals surface area contributed by atoms with Gasteiger partial charge in [-0.05, 0) is 13.8 Å². The second-order valence-corrected chi connectivity index (χ2v) is 3.02. The van der Waals surface area contributed by atoms with Crippen LogP contribution in [0.1, 0.15) is 13.8 Å². The number of aliphatic imine (C=N–C) groups is 1. The van der Waals surface area contributed by atoms with Crippen molar-refractivity contribution in [1.82, 2.24) is 0 Å². The van der Waals surface area contributed by atoms with E-state index in [1.807, 2.05) is 0 Å². The minimum absolute atomic E-state index is 0.00183. The summed E-state index contributed by atoms with van der Waals surface area (Å²) in [6.45, 7) is 3.18. The summed E-state index contributed by atoms with van der Waals surface area (Å²) in [6, 6.07) is 0. The molecule has 0 N–H and O–H groups in total. The van der Waals surface area contributed by atoms with E-state index in [1.165, 1.54) is 0 Å². The van der Waals surface area contributed by atoms with Crippen molar-refractivity contribution in [3.63, 3.8) is 0 Å². The Labute approximate surface area is 62.1 Å². The van der Waals surface area contributed by atoms with Gasteiger partial charge in [0.25, 0.3) is 5.90 Å². The summed E-state index contributed by atoms with van der Waals surface area (Å²) in [5, 5.41) is 0. The number of hydrogen-bond donors (Lipinski definition) is 0. The molecule has 0 saturated heterocycles. The Bertz CT molecular complexity index is 194. The molecule has 0 fully saturated rings. The highest BCUT2D eigenvalue weighted by Crippen LogP contribution is 2.26. The van der Waals surface area contributed by atoms with E-state index in [1.54, 1.807) is 13.8 Å². The van der Waals surface area contributed by atoms with Crippen LogP contribution in [0.15, 0.2) is 4.99 Å². The van der Waals surface area contributed by atoms with E-state index in [2.05, 4.69) is 9.73 Å². The molecule has 64 valence electrons. The van der Waals surface area contributed by atoms with E-state index in [9.17, 15) is 13.2 Å². The fraction of sp³-hybridized carbons (Fsp3) is 0.833. The zero-order chi connectivity index (χ0) is 8.70. The lowest BCUT2D eigenvalue weighted by atomic mass is 10.1. The minimum atomic E-state index is -4.44. The summed E-state index contributed by atoms with van der Waals surface area (Å²) in [7, 11) is 0. The van der Waals surface area contributed by atoms with E-state index in [0.717, 1.165) is 0 Å². The van der Waals surface area contributed by atoms with Crippen LogP contribution in [-0.2, 0) is 4.74 Å². The lowest BCUT2D eigenvalue weighted by Gasteiger charge is -2.07. The van der Waals surface area contributed by atoms with Gasteiger partial charge in [0.1, 0.15) is 6.61 Å². The molecule has 0 spiro atoms. The predicted molar refractivity (Wildman–Crippen MR) is 33.5 cm³/mol. The normalized spacial score (nSPS) is 22.8. The summed E-state index contributed by atoms with van der Waals surface area (Å²) < 4.78 is 39.9. The molecule has 5 heteroatoms. The van der Waals surface area contributed by atoms with Crippen molar-refractivity contribution in [2.75, 3.05) is 6.61 Å². The van der Waals surface area contributed by atoms with Gasteiger partial charge in [-0.15, -0.1) is 0 Å². The maximum absolute atomic E-state index is 11.8. The Morgan fingerprint density at radius 3 is 2.18 bits per heavy atom. The molecular formula is C6H8F3NO. The standard InChI is InChI=1S/C6H8F3NO/c1-5(2)3-11-4(10-5)6(7,8)9/h3H2,1-2H3. The number of hydrogen-bond acceptors (Lipinski definition) is 2. The quantitative estimate of drug-likeness (QED) is 0.538. The predicted octanol–water partition coefficient (Wildman–Crippen LogP) is 1.76. The number of halogens is 3. The number of rotatable bonds is 0. The van der Waals surface area contributed by atoms with Crippen LogP contribution in [0.2, 0.25) is 0 Å². The largest absolute Gasteiger partial charge is 0.472 e. The Balaban J connectivity index is 2.79. The van der Waals surface area contributed by atoms with Crippen LogP contribution >= 0.6 is 0 Å². The van der Waals surface area contributed by atoms with Crippen LogP contribution in [0.4, 0.5) is 13.2 Å². The molecule has 0 unspecified atom stereocenters. The highest BCUT2D eigenvalue weighted by molar-refractivity contribution is 5.83. The van der Waals surface area contributed by atoms with Crippen LogP contribution in [-0.4, -0.2) is 24.2 Å². The molecule has 1 aliphatic heterocycles. The van der Waals surface area contributed by atoms with E-state index in [-0.39, 0.29) is 6.61 Å². The van der Waals surface area contributed by atoms with Crippen LogP contribution in [0, 0.1) is 0 Å². The van der Waals surface area contributed by atoms with Gasteiger partial charge in [-0.1, -0.05) is 0 Å². The molecule has 1 aliphatic rings. The first-order chi connectivity index (χ1) is 4.81. The van der Waals surface area contributed by atoms with Crippen LogP contribution in [0.5, 0.6) is 0 Å². The zero-order valence-corrected chi connectivity index (χ0v) is 6.20. The van der Waals surface area contributed by atoms with E-state index in [4.69, 9.17) is 0 Å². The van der Waals surface area contributed by atoms with Gasteiger partial charge in [0.2, 0.25) is 0 Å². The maximum Gasteiger partial charge on any atom is 0.468 e. The molecule has 1 heterocycles. The molecule has 0 atom stereocenters. The first-order valence-corrected chi connectivity index (χ1v) is 3.11. The highest BCUT2D eigenvalue weighted by atomic mass is 19.4. The van der Waals surface area contributed by atoms with Gasteiger partial charge >= 0.3 is 6.18 Å². The van der Waals surface area contributed by atoms with Crippen LogP contribution in [0.3, 0.4) is 0 Å². The summed E-state index contributed by atoms with van der Waals surface area (Å²) in [5.74, 6) is -1.11. The minimum Gasteiger partial charge on any atom is -0.472 e. The van der Waals surface area contributed by atoms with E-state index >= 15 is 0 Å². The average Bonchev–Trinajstić information content (AvgIpc) is 2.07. The van der Waals surface area contributed by atoms with Gasteiger partial charge in [0, 0.05) is 0 Å². The molecule has 0 radical (unpaired) electrons. The molecule has 0 bridgehead atoms. The molecule has 2 nitrogen and oxygen atoms in total. The van der Waals surface area contributed by atoms with Crippen molar-refractivity contribution >= 4 is 5.90 Å². The Morgan fingerprint density at radius 2 is 2.00 bits per heavy atom. The van der Waals surface area contributed by atoms with Gasteiger partial charge in [0.05, 0.1) is 5.54 Å². The van der Waals surface area contributed by atoms with Gasteiger partial charge in [-0.3, -0.25) is 0 Å². The number of ether oxygens (including phenoxy) is 1. The molecule has 0 aromatic rings. The van der Waals surface area contributed by atoms with E-state index in [0.29, 0.717) is 0 Å². The molecule has 11 heavy (non-hydrogen) atoms. The summed E-state index contributed by atoms with van der Waals surface area (Å²) in [4.78, 5) is 3.36. The molecule has 1 rings (SSSR count). The number of nitrogens with zero attached hydrogens (tertiary/aromatic N) is 1. The molecule has 0 aromatic carbocycles. The number of alkyl halides is 3. The molecule has 0 saturated carbocycles. The molecular weight excluding hydrogens is 159 g/mol. The fourth-order valence-electron chi connectivity index (χ4n) is 0.730. The maximum atomic E-state index is 11.8. The Kier molecular flexibility index (Phi) is 1.61. The van der Waals surface area contributed by atoms with Gasteiger partial charge in [-0.25, -0.2) is 4.99 Å². The second kappa shape index (κ2) is 2.12. The summed E-state index contributed by atoms with van der Waals surface area (Å²) in [5.41, 5.74) is -0.731. The third kappa shape index (κ3) is 1.85. The smallest absolute Gasteiger partial charge is 0.468 e. The van der Waals surface area contributed by atoms with Gasteiger partial charge < -0.3 is 4.74 Å². The fourth-order valence-corrected chi connectivity index (χ4v) is 0.730. The summed E-state index contributed by atoms with van der Waals surface area (Å²) >= 11 is 0. The van der Waals surface area contributed by atoms with Crippen LogP contribution in [0.25, 0.3) is 0 Å². The third-order valence-corrected chi connectivity index (χ3v) is 1.21. The van der Waals surface area contributed by atoms with Crippen molar-refractivity contribution in [2.45, 2.75) is 25.6 Å². The zero-order valence-electron chi connectivity index (χ0n) is 6.20. The second-order valence-electron chi connectivity index (χ2n) is 3.02. The lowest BCUT2D eigenvalue weighted by molar-refractivity contribution is -0.0754. The van der Waals surface area contributed by atoms with Crippen molar-refractivity contribution in [2.24, 2.45) is 4.99 Å². The Hall–Kier alpha value is -0.740. The SMILES string of the molecule is CC1(C)COC(C(F)(F)F)=N1. The van der Waals surface area contributed by atoms with Gasteiger partial charge in [-0.2, -0.15) is 13.2 Å². The lowest BCUT2D eigenvalue weighted by Crippen LogP contribution is -2.22. The van der Waals surface area contributed by atoms with Crippen molar-refractivity contribution in [3.8, 4) is 0 Å². The molecule has 0 amide bonds. The first-order valence-electron chi connectivity index (χ1n) is 3.11. The average molecular weight is 167 g/mol. The van der Waals surface area contributed by atoms with Crippen molar-refractivity contribution in [1.29, 1.82) is 0 Å². The van der Waals surface area contributed by atoms with Crippen LogP contribution < -0.4 is 0 Å². The van der Waals surface area contributed by atoms with Crippen molar-refractivity contribution < 1.29 is 17.9 Å². The topological polar surface area (TPSA) is 21.6 Å². The molecule has 0 aromatic heterocycles.